The van der Waals surface area contributed by atoms with E-state index < -0.39 is 6.09 Å². The van der Waals surface area contributed by atoms with Crippen LogP contribution >= 0.6 is 0 Å². The van der Waals surface area contributed by atoms with Gasteiger partial charge in [-0.3, -0.25) is 0 Å². The third kappa shape index (κ3) is 4.35. The summed E-state index contributed by atoms with van der Waals surface area (Å²) in [7, 11) is 1.64. The number of hydrogen-bond acceptors (Lipinski definition) is 3. The van der Waals surface area contributed by atoms with Gasteiger partial charge in [-0.2, -0.15) is 0 Å². The lowest BCUT2D eigenvalue weighted by molar-refractivity contribution is -0.0199. The van der Waals surface area contributed by atoms with Crippen LogP contribution in [-0.4, -0.2) is 42.4 Å². The third-order valence-corrected chi connectivity index (χ3v) is 4.96. The highest BCUT2D eigenvalue weighted by Crippen LogP contribution is 2.31. The van der Waals surface area contributed by atoms with Gasteiger partial charge in [0.1, 0.15) is 5.75 Å². The van der Waals surface area contributed by atoms with Crippen LogP contribution in [0, 0.1) is 6.92 Å². The summed E-state index contributed by atoms with van der Waals surface area (Å²) in [5.41, 5.74) is 3.47. The van der Waals surface area contributed by atoms with Crippen molar-refractivity contribution in [3.63, 3.8) is 0 Å². The number of carboxylic acid groups (broad SMARTS) is 1. The molecule has 1 fully saturated rings. The van der Waals surface area contributed by atoms with Crippen molar-refractivity contribution in [2.75, 3.05) is 20.2 Å². The fourth-order valence-electron chi connectivity index (χ4n) is 3.38. The summed E-state index contributed by atoms with van der Waals surface area (Å²) < 4.78 is 11.4. The van der Waals surface area contributed by atoms with Crippen LogP contribution in [-0.2, 0) is 11.3 Å². The molecule has 26 heavy (non-hydrogen) atoms. The maximum Gasteiger partial charge on any atom is 0.407 e. The molecule has 0 radical (unpaired) electrons. The second kappa shape index (κ2) is 8.23. The minimum absolute atomic E-state index is 0.162. The van der Waals surface area contributed by atoms with Crippen LogP contribution in [0.15, 0.2) is 48.5 Å². The van der Waals surface area contributed by atoms with E-state index in [-0.39, 0.29) is 12.0 Å². The number of hydrogen-bond donors (Lipinski definition) is 1. The molecule has 2 atom stereocenters. The van der Waals surface area contributed by atoms with Crippen LogP contribution in [0.3, 0.4) is 0 Å². The van der Waals surface area contributed by atoms with Crippen molar-refractivity contribution >= 4 is 6.09 Å². The number of methoxy groups -OCH3 is 1. The van der Waals surface area contributed by atoms with Gasteiger partial charge >= 0.3 is 6.09 Å². The zero-order chi connectivity index (χ0) is 18.5. The molecule has 2 aromatic carbocycles. The largest absolute Gasteiger partial charge is 0.497 e. The van der Waals surface area contributed by atoms with E-state index in [0.717, 1.165) is 17.7 Å². The summed E-state index contributed by atoms with van der Waals surface area (Å²) in [6, 6.07) is 16.2. The molecule has 0 saturated carbocycles. The Morgan fingerprint density at radius 2 is 1.85 bits per heavy atom. The Bertz CT molecular complexity index is 727. The third-order valence-electron chi connectivity index (χ3n) is 4.96. The number of piperidine rings is 1. The molecule has 1 aliphatic rings. The molecular weight excluding hydrogens is 330 g/mol. The second-order valence-electron chi connectivity index (χ2n) is 6.73. The Hall–Kier alpha value is -2.53. The van der Waals surface area contributed by atoms with E-state index in [2.05, 4.69) is 31.2 Å². The highest BCUT2D eigenvalue weighted by atomic mass is 16.5. The smallest absolute Gasteiger partial charge is 0.407 e. The van der Waals surface area contributed by atoms with Gasteiger partial charge in [-0.1, -0.05) is 42.0 Å². The Labute approximate surface area is 154 Å². The standard InChI is InChI=1S/C21H25NO4/c1-15-3-7-17(8-4-15)19-11-12-22(21(23)24)13-20(19)26-14-16-5-9-18(25-2)10-6-16/h3-10,19-20H,11-14H2,1-2H3,(H,23,24). The molecule has 2 unspecified atom stereocenters. The molecule has 138 valence electrons. The van der Waals surface area contributed by atoms with E-state index in [1.165, 1.54) is 16.0 Å². The number of ether oxygens (including phenoxy) is 2. The van der Waals surface area contributed by atoms with Crippen molar-refractivity contribution in [2.24, 2.45) is 0 Å². The van der Waals surface area contributed by atoms with Crippen molar-refractivity contribution in [1.29, 1.82) is 0 Å². The number of carbonyl (C=O) groups is 1. The zero-order valence-corrected chi connectivity index (χ0v) is 15.2. The van der Waals surface area contributed by atoms with Gasteiger partial charge < -0.3 is 19.5 Å². The fraction of sp³-hybridized carbons (Fsp3) is 0.381. The monoisotopic (exact) mass is 355 g/mol. The van der Waals surface area contributed by atoms with Crippen LogP contribution in [0.1, 0.15) is 29.0 Å². The average Bonchev–Trinajstić information content (AvgIpc) is 2.67. The number of amides is 1. The topological polar surface area (TPSA) is 59.0 Å². The summed E-state index contributed by atoms with van der Waals surface area (Å²) in [6.07, 6.45) is -0.280. The molecule has 1 aliphatic heterocycles. The number of rotatable bonds is 5. The molecule has 0 bridgehead atoms. The van der Waals surface area contributed by atoms with Crippen LogP contribution < -0.4 is 4.74 Å². The van der Waals surface area contributed by atoms with Gasteiger partial charge in [0.15, 0.2) is 0 Å². The Kier molecular flexibility index (Phi) is 5.78. The lowest BCUT2D eigenvalue weighted by Gasteiger charge is -2.37. The first-order chi connectivity index (χ1) is 12.6. The van der Waals surface area contributed by atoms with E-state index in [1.54, 1.807) is 7.11 Å². The molecule has 2 aromatic rings. The summed E-state index contributed by atoms with van der Waals surface area (Å²) in [6.45, 7) is 3.44. The number of aryl methyl sites for hydroxylation is 1. The van der Waals surface area contributed by atoms with Crippen LogP contribution in [0.25, 0.3) is 0 Å². The molecule has 1 amide bonds. The number of benzene rings is 2. The molecule has 5 heteroatoms. The molecule has 1 heterocycles. The Morgan fingerprint density at radius 3 is 2.46 bits per heavy atom. The molecule has 0 spiro atoms. The van der Waals surface area contributed by atoms with Gasteiger partial charge in [-0.15, -0.1) is 0 Å². The number of nitrogens with zero attached hydrogens (tertiary/aromatic N) is 1. The van der Waals surface area contributed by atoms with Gasteiger partial charge in [0.25, 0.3) is 0 Å². The van der Waals surface area contributed by atoms with Crippen molar-refractivity contribution in [2.45, 2.75) is 32.0 Å². The average molecular weight is 355 g/mol. The Balaban J connectivity index is 1.72. The van der Waals surface area contributed by atoms with E-state index in [4.69, 9.17) is 9.47 Å². The molecule has 1 saturated heterocycles. The predicted octanol–water partition coefficient (Wildman–Crippen LogP) is 4.06. The van der Waals surface area contributed by atoms with Gasteiger partial charge in [0, 0.05) is 12.5 Å². The second-order valence-corrected chi connectivity index (χ2v) is 6.73. The molecule has 0 aromatic heterocycles. The predicted molar refractivity (Wildman–Crippen MR) is 99.7 cm³/mol. The van der Waals surface area contributed by atoms with Crippen LogP contribution in [0.5, 0.6) is 5.75 Å². The first-order valence-electron chi connectivity index (χ1n) is 8.86. The molecular formula is C21H25NO4. The number of likely N-dealkylation sites (tertiary alicyclic amines) is 1. The maximum absolute atomic E-state index is 11.4. The van der Waals surface area contributed by atoms with Gasteiger partial charge in [0.05, 0.1) is 26.4 Å². The van der Waals surface area contributed by atoms with Crippen molar-refractivity contribution < 1.29 is 19.4 Å². The minimum Gasteiger partial charge on any atom is -0.497 e. The Morgan fingerprint density at radius 1 is 1.15 bits per heavy atom. The molecule has 0 aliphatic carbocycles. The fourth-order valence-corrected chi connectivity index (χ4v) is 3.38. The van der Waals surface area contributed by atoms with Crippen molar-refractivity contribution in [3.8, 4) is 5.75 Å². The van der Waals surface area contributed by atoms with E-state index in [1.807, 2.05) is 24.3 Å². The van der Waals surface area contributed by atoms with Crippen molar-refractivity contribution in [3.05, 3.63) is 65.2 Å². The van der Waals surface area contributed by atoms with Crippen LogP contribution in [0.2, 0.25) is 0 Å². The molecule has 1 N–H and O–H groups in total. The van der Waals surface area contributed by atoms with Crippen LogP contribution in [0.4, 0.5) is 4.79 Å². The van der Waals surface area contributed by atoms with Gasteiger partial charge in [0.2, 0.25) is 0 Å². The summed E-state index contributed by atoms with van der Waals surface area (Å²) >= 11 is 0. The van der Waals surface area contributed by atoms with Crippen molar-refractivity contribution in [1.82, 2.24) is 4.90 Å². The zero-order valence-electron chi connectivity index (χ0n) is 15.2. The summed E-state index contributed by atoms with van der Waals surface area (Å²) in [5, 5.41) is 9.35. The van der Waals surface area contributed by atoms with E-state index in [9.17, 15) is 9.90 Å². The normalized spacial score (nSPS) is 20.0. The first kappa shape index (κ1) is 18.3. The van der Waals surface area contributed by atoms with E-state index in [0.29, 0.717) is 19.7 Å². The SMILES string of the molecule is COc1ccc(COC2CN(C(=O)O)CCC2c2ccc(C)cc2)cc1. The summed E-state index contributed by atoms with van der Waals surface area (Å²) in [4.78, 5) is 12.8. The lowest BCUT2D eigenvalue weighted by atomic mass is 9.86. The lowest BCUT2D eigenvalue weighted by Crippen LogP contribution is -2.46. The molecule has 5 nitrogen and oxygen atoms in total. The quantitative estimate of drug-likeness (QED) is 0.879. The summed E-state index contributed by atoms with van der Waals surface area (Å²) in [5.74, 6) is 1.01. The highest BCUT2D eigenvalue weighted by molar-refractivity contribution is 5.65. The highest BCUT2D eigenvalue weighted by Gasteiger charge is 2.33. The first-order valence-corrected chi connectivity index (χ1v) is 8.86. The van der Waals surface area contributed by atoms with E-state index >= 15 is 0 Å². The van der Waals surface area contributed by atoms with Gasteiger partial charge in [-0.25, -0.2) is 4.79 Å². The molecule has 3 rings (SSSR count). The maximum atomic E-state index is 11.4. The minimum atomic E-state index is -0.884. The van der Waals surface area contributed by atoms with Gasteiger partial charge in [-0.05, 0) is 36.6 Å².